The fourth-order valence-corrected chi connectivity index (χ4v) is 1.66. The number of aromatic nitrogens is 1. The van der Waals surface area contributed by atoms with Crippen LogP contribution in [0.2, 0.25) is 0 Å². The van der Waals surface area contributed by atoms with E-state index in [0.29, 0.717) is 5.69 Å². The van der Waals surface area contributed by atoms with Crippen LogP contribution in [0, 0.1) is 0 Å². The lowest BCUT2D eigenvalue weighted by molar-refractivity contribution is 0.0934. The minimum Gasteiger partial charge on any atom is -0.348 e. The van der Waals surface area contributed by atoms with E-state index in [1.807, 2.05) is 6.92 Å². The molecule has 1 N–H and O–H groups in total. The van der Waals surface area contributed by atoms with Crippen molar-refractivity contribution >= 4 is 17.2 Å². The summed E-state index contributed by atoms with van der Waals surface area (Å²) in [5.74, 6) is -0.0674. The van der Waals surface area contributed by atoms with E-state index in [4.69, 9.17) is 0 Å². The smallest absolute Gasteiger partial charge is 0.270 e. The molecule has 0 aromatic carbocycles. The molecule has 0 aliphatic heterocycles. The molecule has 0 bridgehead atoms. The summed E-state index contributed by atoms with van der Waals surface area (Å²) in [5.41, 5.74) is 2.19. The maximum Gasteiger partial charge on any atom is 0.270 e. The van der Waals surface area contributed by atoms with Crippen molar-refractivity contribution in [2.75, 3.05) is 0 Å². The fraction of sp³-hybridized carbons (Fsp3) is 0.556. The molecule has 3 nitrogen and oxygen atoms in total. The van der Waals surface area contributed by atoms with Crippen molar-refractivity contribution in [2.45, 2.75) is 32.7 Å². The van der Waals surface area contributed by atoms with E-state index in [2.05, 4.69) is 17.2 Å². The van der Waals surface area contributed by atoms with Gasteiger partial charge in [-0.1, -0.05) is 13.3 Å². The maximum absolute atomic E-state index is 11.4. The fourth-order valence-electron chi connectivity index (χ4n) is 1.13. The van der Waals surface area contributed by atoms with Gasteiger partial charge in [0.15, 0.2) is 0 Å². The second-order valence-corrected chi connectivity index (χ2v) is 3.76. The summed E-state index contributed by atoms with van der Waals surface area (Å²) in [7, 11) is 0. The first-order valence-electron chi connectivity index (χ1n) is 4.43. The Morgan fingerprint density at radius 3 is 3.08 bits per heavy atom. The van der Waals surface area contributed by atoms with Crippen LogP contribution in [0.15, 0.2) is 10.9 Å². The van der Waals surface area contributed by atoms with E-state index in [-0.39, 0.29) is 11.9 Å². The first kappa shape index (κ1) is 10.2. The highest BCUT2D eigenvalue weighted by atomic mass is 32.1. The van der Waals surface area contributed by atoms with E-state index in [1.54, 1.807) is 10.9 Å². The van der Waals surface area contributed by atoms with Crippen molar-refractivity contribution in [3.05, 3.63) is 16.6 Å². The summed E-state index contributed by atoms with van der Waals surface area (Å²) in [6, 6.07) is 0.235. The van der Waals surface area contributed by atoms with Crippen LogP contribution in [0.5, 0.6) is 0 Å². The normalized spacial score (nSPS) is 12.5. The highest BCUT2D eigenvalue weighted by Crippen LogP contribution is 2.02. The van der Waals surface area contributed by atoms with Crippen LogP contribution in [0.1, 0.15) is 37.2 Å². The van der Waals surface area contributed by atoms with Crippen LogP contribution >= 0.6 is 11.3 Å². The topological polar surface area (TPSA) is 42.0 Å². The summed E-state index contributed by atoms with van der Waals surface area (Å²) in [6.45, 7) is 4.11. The Hall–Kier alpha value is -0.900. The van der Waals surface area contributed by atoms with Gasteiger partial charge in [0.25, 0.3) is 5.91 Å². The Labute approximate surface area is 82.2 Å². The third kappa shape index (κ3) is 3.14. The Morgan fingerprint density at radius 1 is 1.77 bits per heavy atom. The zero-order valence-electron chi connectivity index (χ0n) is 7.91. The quantitative estimate of drug-likeness (QED) is 0.804. The lowest BCUT2D eigenvalue weighted by atomic mass is 10.2. The van der Waals surface area contributed by atoms with Gasteiger partial charge in [0.05, 0.1) is 5.51 Å². The van der Waals surface area contributed by atoms with E-state index in [0.717, 1.165) is 12.8 Å². The van der Waals surface area contributed by atoms with E-state index < -0.39 is 0 Å². The van der Waals surface area contributed by atoms with Crippen molar-refractivity contribution in [1.82, 2.24) is 10.3 Å². The first-order valence-corrected chi connectivity index (χ1v) is 5.37. The highest BCUT2D eigenvalue weighted by molar-refractivity contribution is 7.07. The van der Waals surface area contributed by atoms with Gasteiger partial charge in [-0.3, -0.25) is 4.79 Å². The Bertz CT molecular complexity index is 259. The first-order chi connectivity index (χ1) is 6.24. The molecule has 72 valence electrons. The van der Waals surface area contributed by atoms with Gasteiger partial charge in [0, 0.05) is 11.4 Å². The van der Waals surface area contributed by atoms with Crippen LogP contribution in [0.25, 0.3) is 0 Å². The van der Waals surface area contributed by atoms with Crippen molar-refractivity contribution in [2.24, 2.45) is 0 Å². The summed E-state index contributed by atoms with van der Waals surface area (Å²) >= 11 is 1.44. The van der Waals surface area contributed by atoms with Gasteiger partial charge in [-0.15, -0.1) is 11.3 Å². The lowest BCUT2D eigenvalue weighted by Crippen LogP contribution is -2.32. The molecule has 0 spiro atoms. The summed E-state index contributed by atoms with van der Waals surface area (Å²) in [4.78, 5) is 15.4. The minimum absolute atomic E-state index is 0.0674. The average molecular weight is 198 g/mol. The number of carbonyl (C=O) groups excluding carboxylic acids is 1. The molecule has 1 aromatic rings. The predicted octanol–water partition coefficient (Wildman–Crippen LogP) is 2.06. The van der Waals surface area contributed by atoms with Gasteiger partial charge >= 0.3 is 0 Å². The highest BCUT2D eigenvalue weighted by Gasteiger charge is 2.09. The summed E-state index contributed by atoms with van der Waals surface area (Å²) in [6.07, 6.45) is 2.09. The van der Waals surface area contributed by atoms with Gasteiger partial charge in [-0.2, -0.15) is 0 Å². The van der Waals surface area contributed by atoms with Gasteiger partial charge in [0.1, 0.15) is 5.69 Å². The number of thiazole rings is 1. The van der Waals surface area contributed by atoms with E-state index in [1.165, 1.54) is 11.3 Å². The molecule has 0 saturated carbocycles. The number of hydrogen-bond donors (Lipinski definition) is 1. The van der Waals surface area contributed by atoms with Crippen LogP contribution in [-0.2, 0) is 0 Å². The third-order valence-electron chi connectivity index (χ3n) is 1.76. The number of carbonyl (C=O) groups is 1. The lowest BCUT2D eigenvalue weighted by Gasteiger charge is -2.10. The van der Waals surface area contributed by atoms with Crippen LogP contribution in [-0.4, -0.2) is 16.9 Å². The van der Waals surface area contributed by atoms with Gasteiger partial charge in [0.2, 0.25) is 0 Å². The van der Waals surface area contributed by atoms with Crippen LogP contribution in [0.4, 0.5) is 0 Å². The summed E-state index contributed by atoms with van der Waals surface area (Å²) < 4.78 is 0. The second-order valence-electron chi connectivity index (χ2n) is 3.04. The minimum atomic E-state index is -0.0674. The van der Waals surface area contributed by atoms with Crippen LogP contribution in [0.3, 0.4) is 0 Å². The van der Waals surface area contributed by atoms with Crippen molar-refractivity contribution in [3.63, 3.8) is 0 Å². The molecule has 0 saturated heterocycles. The number of hydrogen-bond acceptors (Lipinski definition) is 3. The molecule has 1 rings (SSSR count). The molecule has 1 aromatic heterocycles. The molecule has 0 aliphatic carbocycles. The third-order valence-corrected chi connectivity index (χ3v) is 2.35. The molecule has 1 amide bonds. The number of rotatable bonds is 4. The molecule has 0 fully saturated rings. The van der Waals surface area contributed by atoms with Crippen molar-refractivity contribution in [1.29, 1.82) is 0 Å². The van der Waals surface area contributed by atoms with Crippen molar-refractivity contribution in [3.8, 4) is 0 Å². The largest absolute Gasteiger partial charge is 0.348 e. The zero-order chi connectivity index (χ0) is 9.68. The standard InChI is InChI=1S/C9H14N2OS/c1-3-4-7(2)11-9(12)8-5-13-6-10-8/h5-7H,3-4H2,1-2H3,(H,11,12). The number of amides is 1. The Morgan fingerprint density at radius 2 is 2.54 bits per heavy atom. The Balaban J connectivity index is 2.42. The maximum atomic E-state index is 11.4. The monoisotopic (exact) mass is 198 g/mol. The second kappa shape index (κ2) is 4.97. The molecular formula is C9H14N2OS. The molecule has 1 atom stereocenters. The van der Waals surface area contributed by atoms with Gasteiger partial charge in [-0.05, 0) is 13.3 Å². The Kier molecular flexibility index (Phi) is 3.89. The van der Waals surface area contributed by atoms with Gasteiger partial charge < -0.3 is 5.32 Å². The van der Waals surface area contributed by atoms with E-state index >= 15 is 0 Å². The molecule has 1 unspecified atom stereocenters. The molecular weight excluding hydrogens is 184 g/mol. The molecule has 4 heteroatoms. The molecule has 1 heterocycles. The van der Waals surface area contributed by atoms with Crippen LogP contribution < -0.4 is 5.32 Å². The number of nitrogens with zero attached hydrogens (tertiary/aromatic N) is 1. The molecule has 13 heavy (non-hydrogen) atoms. The van der Waals surface area contributed by atoms with E-state index in [9.17, 15) is 4.79 Å². The molecule has 0 aliphatic rings. The summed E-state index contributed by atoms with van der Waals surface area (Å²) in [5, 5.41) is 4.65. The molecule has 0 radical (unpaired) electrons. The average Bonchev–Trinajstić information content (AvgIpc) is 2.55. The van der Waals surface area contributed by atoms with Crippen molar-refractivity contribution < 1.29 is 4.79 Å². The predicted molar refractivity (Wildman–Crippen MR) is 54.0 cm³/mol. The SMILES string of the molecule is CCCC(C)NC(=O)c1cscn1. The van der Waals surface area contributed by atoms with Gasteiger partial charge in [-0.25, -0.2) is 4.98 Å². The number of nitrogens with one attached hydrogen (secondary N) is 1. The zero-order valence-corrected chi connectivity index (χ0v) is 8.73.